The van der Waals surface area contributed by atoms with Gasteiger partial charge in [0.2, 0.25) is 10.0 Å². The Balaban J connectivity index is 2.29. The molecule has 2 aromatic rings. The first-order valence-electron chi connectivity index (χ1n) is 5.71. The van der Waals surface area contributed by atoms with Crippen LogP contribution in [0.2, 0.25) is 0 Å². The minimum Gasteiger partial charge on any atom is -0.545 e. The molecule has 0 N–H and O–H groups in total. The smallest absolute Gasteiger partial charge is 0.243 e. The lowest BCUT2D eigenvalue weighted by Gasteiger charge is -2.16. The van der Waals surface area contributed by atoms with Crippen molar-refractivity contribution in [3.05, 3.63) is 54.0 Å². The van der Waals surface area contributed by atoms with Crippen LogP contribution in [0.3, 0.4) is 0 Å². The van der Waals surface area contributed by atoms with Crippen LogP contribution in [0, 0.1) is 0 Å². The van der Waals surface area contributed by atoms with Crippen molar-refractivity contribution in [3.63, 3.8) is 0 Å². The molecule has 1 aromatic heterocycles. The zero-order chi connectivity index (χ0) is 14.8. The van der Waals surface area contributed by atoms with E-state index in [9.17, 15) is 18.3 Å². The van der Waals surface area contributed by atoms with E-state index in [2.05, 4.69) is 0 Å². The molecule has 0 aliphatic heterocycles. The Bertz CT molecular complexity index is 706. The summed E-state index contributed by atoms with van der Waals surface area (Å²) < 4.78 is 30.8. The Morgan fingerprint density at radius 2 is 2.05 bits per heavy atom. The number of carbonyl (C=O) groups is 1. The standard InChI is InChI=1S/C13H13NO5S/c1-14(9-11-5-3-7-19-11)20(17,18)12-6-2-4-10(8-12)13(15)16/h2-8H,9H2,1H3,(H,15,16)/p-1. The highest BCUT2D eigenvalue weighted by atomic mass is 32.2. The number of carbonyl (C=O) groups excluding carboxylic acids is 1. The SMILES string of the molecule is CN(Cc1ccco1)S(=O)(=O)c1cccc(C(=O)[O-])c1. The van der Waals surface area contributed by atoms with Crippen LogP contribution in [-0.4, -0.2) is 25.7 Å². The summed E-state index contributed by atoms with van der Waals surface area (Å²) >= 11 is 0. The number of furan rings is 1. The van der Waals surface area contributed by atoms with Crippen molar-refractivity contribution in [1.29, 1.82) is 0 Å². The Morgan fingerprint density at radius 1 is 1.30 bits per heavy atom. The minimum atomic E-state index is -3.79. The number of carboxylic acids is 1. The van der Waals surface area contributed by atoms with Gasteiger partial charge in [-0.25, -0.2) is 8.42 Å². The topological polar surface area (TPSA) is 90.7 Å². The quantitative estimate of drug-likeness (QED) is 0.799. The Kier molecular flexibility index (Phi) is 3.91. The van der Waals surface area contributed by atoms with Crippen LogP contribution in [0.5, 0.6) is 0 Å². The van der Waals surface area contributed by atoms with Gasteiger partial charge in [0.15, 0.2) is 0 Å². The highest BCUT2D eigenvalue weighted by Gasteiger charge is 2.22. The van der Waals surface area contributed by atoms with Gasteiger partial charge in [-0.05, 0) is 29.8 Å². The molecule has 1 aromatic carbocycles. The van der Waals surface area contributed by atoms with Crippen LogP contribution in [0.25, 0.3) is 0 Å². The summed E-state index contributed by atoms with van der Waals surface area (Å²) in [6.45, 7) is 0.0604. The fourth-order valence-electron chi connectivity index (χ4n) is 1.67. The molecule has 0 radical (unpaired) electrons. The van der Waals surface area contributed by atoms with Gasteiger partial charge in [0.05, 0.1) is 23.7 Å². The van der Waals surface area contributed by atoms with Gasteiger partial charge in [-0.3, -0.25) is 0 Å². The number of rotatable bonds is 5. The largest absolute Gasteiger partial charge is 0.545 e. The highest BCUT2D eigenvalue weighted by molar-refractivity contribution is 7.89. The summed E-state index contributed by atoms with van der Waals surface area (Å²) in [5.74, 6) is -0.928. The van der Waals surface area contributed by atoms with Gasteiger partial charge in [0.25, 0.3) is 0 Å². The lowest BCUT2D eigenvalue weighted by Crippen LogP contribution is -2.27. The second-order valence-electron chi connectivity index (χ2n) is 4.16. The van der Waals surface area contributed by atoms with E-state index in [1.54, 1.807) is 12.1 Å². The maximum Gasteiger partial charge on any atom is 0.243 e. The van der Waals surface area contributed by atoms with Crippen molar-refractivity contribution in [2.45, 2.75) is 11.4 Å². The van der Waals surface area contributed by atoms with Gasteiger partial charge in [-0.2, -0.15) is 4.31 Å². The van der Waals surface area contributed by atoms with Crippen molar-refractivity contribution in [2.24, 2.45) is 0 Å². The summed E-state index contributed by atoms with van der Waals surface area (Å²) in [6.07, 6.45) is 1.45. The maximum absolute atomic E-state index is 12.3. The first kappa shape index (κ1) is 14.3. The number of aromatic carboxylic acids is 1. The van der Waals surface area contributed by atoms with Gasteiger partial charge in [0.1, 0.15) is 5.76 Å². The minimum absolute atomic E-state index is 0.0604. The summed E-state index contributed by atoms with van der Waals surface area (Å²) in [4.78, 5) is 10.7. The molecule has 0 saturated carbocycles. The monoisotopic (exact) mass is 294 g/mol. The van der Waals surface area contributed by atoms with Gasteiger partial charge in [-0.15, -0.1) is 0 Å². The number of sulfonamides is 1. The average Bonchev–Trinajstić information content (AvgIpc) is 2.91. The van der Waals surface area contributed by atoms with Crippen molar-refractivity contribution < 1.29 is 22.7 Å². The molecule has 0 atom stereocenters. The van der Waals surface area contributed by atoms with E-state index in [1.807, 2.05) is 0 Å². The number of nitrogens with zero attached hydrogens (tertiary/aromatic N) is 1. The normalized spacial score (nSPS) is 11.7. The first-order chi connectivity index (χ1) is 9.41. The third-order valence-corrected chi connectivity index (χ3v) is 4.54. The molecule has 1 heterocycles. The van der Waals surface area contributed by atoms with Crippen molar-refractivity contribution in [2.75, 3.05) is 7.05 Å². The molecule has 0 bridgehead atoms. The Labute approximate surface area is 116 Å². The molecule has 20 heavy (non-hydrogen) atoms. The average molecular weight is 294 g/mol. The van der Waals surface area contributed by atoms with Crippen LogP contribution in [0.15, 0.2) is 52.0 Å². The van der Waals surface area contributed by atoms with E-state index >= 15 is 0 Å². The van der Waals surface area contributed by atoms with E-state index < -0.39 is 16.0 Å². The van der Waals surface area contributed by atoms with Crippen molar-refractivity contribution in [3.8, 4) is 0 Å². The highest BCUT2D eigenvalue weighted by Crippen LogP contribution is 2.18. The summed E-state index contributed by atoms with van der Waals surface area (Å²) in [5, 5.41) is 10.8. The fraction of sp³-hybridized carbons (Fsp3) is 0.154. The molecule has 0 unspecified atom stereocenters. The molecule has 0 fully saturated rings. The Hall–Kier alpha value is -2.12. The van der Waals surface area contributed by atoms with Crippen LogP contribution in [-0.2, 0) is 16.6 Å². The lowest BCUT2D eigenvalue weighted by molar-refractivity contribution is -0.255. The molecule has 0 saturated heterocycles. The molecular weight excluding hydrogens is 282 g/mol. The molecule has 2 rings (SSSR count). The second kappa shape index (κ2) is 5.48. The zero-order valence-corrected chi connectivity index (χ0v) is 11.5. The zero-order valence-electron chi connectivity index (χ0n) is 10.6. The summed E-state index contributed by atoms with van der Waals surface area (Å²) in [7, 11) is -2.40. The van der Waals surface area contributed by atoms with Crippen LogP contribution in [0.1, 0.15) is 16.1 Å². The number of hydrogen-bond acceptors (Lipinski definition) is 5. The Morgan fingerprint density at radius 3 is 2.65 bits per heavy atom. The van der Waals surface area contributed by atoms with Crippen LogP contribution in [0.4, 0.5) is 0 Å². The lowest BCUT2D eigenvalue weighted by atomic mass is 10.2. The number of carboxylic acid groups (broad SMARTS) is 1. The molecule has 106 valence electrons. The number of benzene rings is 1. The van der Waals surface area contributed by atoms with Crippen LogP contribution < -0.4 is 5.11 Å². The maximum atomic E-state index is 12.3. The van der Waals surface area contributed by atoms with E-state index in [0.29, 0.717) is 5.76 Å². The number of hydrogen-bond donors (Lipinski definition) is 0. The summed E-state index contributed by atoms with van der Waals surface area (Å²) in [5.41, 5.74) is -0.183. The molecule has 7 heteroatoms. The van der Waals surface area contributed by atoms with Crippen molar-refractivity contribution >= 4 is 16.0 Å². The third-order valence-electron chi connectivity index (χ3n) is 2.74. The van der Waals surface area contributed by atoms with E-state index in [1.165, 1.54) is 31.5 Å². The van der Waals surface area contributed by atoms with E-state index in [0.717, 1.165) is 10.4 Å². The first-order valence-corrected chi connectivity index (χ1v) is 7.15. The van der Waals surface area contributed by atoms with Gasteiger partial charge in [-0.1, -0.05) is 12.1 Å². The van der Waals surface area contributed by atoms with Gasteiger partial charge in [0, 0.05) is 7.05 Å². The van der Waals surface area contributed by atoms with E-state index in [4.69, 9.17) is 4.42 Å². The summed E-state index contributed by atoms with van der Waals surface area (Å²) in [6, 6.07) is 8.36. The molecule has 6 nitrogen and oxygen atoms in total. The molecular formula is C13H12NO5S-. The molecule has 0 aliphatic carbocycles. The predicted molar refractivity (Wildman–Crippen MR) is 68.1 cm³/mol. The molecule has 0 amide bonds. The van der Waals surface area contributed by atoms with Crippen LogP contribution >= 0.6 is 0 Å². The van der Waals surface area contributed by atoms with Gasteiger partial charge < -0.3 is 14.3 Å². The third kappa shape index (κ3) is 2.89. The molecule has 0 aliphatic rings. The predicted octanol–water partition coefficient (Wildman–Crippen LogP) is 0.464. The van der Waals surface area contributed by atoms with Gasteiger partial charge >= 0.3 is 0 Å². The molecule has 0 spiro atoms. The second-order valence-corrected chi connectivity index (χ2v) is 6.20. The van der Waals surface area contributed by atoms with E-state index in [-0.39, 0.29) is 17.0 Å². The van der Waals surface area contributed by atoms with Crippen molar-refractivity contribution in [1.82, 2.24) is 4.31 Å². The fourth-order valence-corrected chi connectivity index (χ4v) is 2.85.